The van der Waals surface area contributed by atoms with E-state index in [0.717, 1.165) is 5.56 Å². The quantitative estimate of drug-likeness (QED) is 0.913. The molecule has 5 heteroatoms. The summed E-state index contributed by atoms with van der Waals surface area (Å²) in [4.78, 5) is 5.73. The van der Waals surface area contributed by atoms with Gasteiger partial charge in [0.25, 0.3) is 0 Å². The van der Waals surface area contributed by atoms with Crippen molar-refractivity contribution in [2.24, 2.45) is 0 Å². The van der Waals surface area contributed by atoms with Gasteiger partial charge in [0.05, 0.1) is 0 Å². The van der Waals surface area contributed by atoms with Crippen molar-refractivity contribution >= 4 is 11.6 Å². The molecule has 0 fully saturated rings. The maximum absolute atomic E-state index is 10.3. The maximum atomic E-state index is 10.3. The summed E-state index contributed by atoms with van der Waals surface area (Å²) >= 11 is 5.97. The molecule has 21 heavy (non-hydrogen) atoms. The Bertz CT molecular complexity index is 620. The molecule has 3 atom stereocenters. The number of hydrogen-bond acceptors (Lipinski definition) is 4. The van der Waals surface area contributed by atoms with E-state index in [-0.39, 0.29) is 6.10 Å². The zero-order chi connectivity index (χ0) is 15.0. The average molecular weight is 306 g/mol. The van der Waals surface area contributed by atoms with Crippen LogP contribution in [0.2, 0.25) is 5.02 Å². The zero-order valence-electron chi connectivity index (χ0n) is 11.5. The van der Waals surface area contributed by atoms with Crippen molar-refractivity contribution in [3.63, 3.8) is 0 Å². The van der Waals surface area contributed by atoms with Crippen molar-refractivity contribution in [1.82, 2.24) is 5.06 Å². The minimum atomic E-state index is -0.988. The lowest BCUT2D eigenvalue weighted by molar-refractivity contribution is -0.316. The number of hydrogen-bond donors (Lipinski definition) is 2. The van der Waals surface area contributed by atoms with E-state index in [2.05, 4.69) is 0 Å². The van der Waals surface area contributed by atoms with Crippen LogP contribution >= 0.6 is 11.6 Å². The van der Waals surface area contributed by atoms with Gasteiger partial charge >= 0.3 is 0 Å². The van der Waals surface area contributed by atoms with Crippen molar-refractivity contribution in [2.75, 3.05) is 0 Å². The van der Waals surface area contributed by atoms with Crippen molar-refractivity contribution in [3.05, 3.63) is 70.2 Å². The second kappa shape index (κ2) is 5.75. The molecule has 0 saturated carbocycles. The van der Waals surface area contributed by atoms with E-state index in [1.165, 1.54) is 5.06 Å². The van der Waals surface area contributed by atoms with Crippen LogP contribution in [0, 0.1) is 0 Å². The molecule has 0 radical (unpaired) electrons. The highest BCUT2D eigenvalue weighted by Gasteiger charge is 2.38. The number of halogens is 1. The molecule has 3 unspecified atom stereocenters. The Kier molecular flexibility index (Phi) is 3.97. The molecule has 0 aromatic heterocycles. The van der Waals surface area contributed by atoms with E-state index in [1.54, 1.807) is 24.3 Å². The molecule has 3 rings (SSSR count). The number of fused-ring (bicyclic) bond motifs is 1. The molecule has 110 valence electrons. The molecular weight excluding hydrogens is 290 g/mol. The molecule has 1 aliphatic heterocycles. The lowest BCUT2D eigenvalue weighted by Crippen LogP contribution is -2.27. The normalized spacial score (nSPS) is 23.0. The van der Waals surface area contributed by atoms with Crippen molar-refractivity contribution in [3.8, 4) is 0 Å². The Morgan fingerprint density at radius 2 is 1.67 bits per heavy atom. The highest BCUT2D eigenvalue weighted by atomic mass is 35.5. The van der Waals surface area contributed by atoms with Gasteiger partial charge in [0, 0.05) is 16.1 Å². The first-order valence-electron chi connectivity index (χ1n) is 6.73. The summed E-state index contributed by atoms with van der Waals surface area (Å²) in [5.41, 5.74) is 2.18. The summed E-state index contributed by atoms with van der Waals surface area (Å²) in [6, 6.07) is 14.5. The van der Waals surface area contributed by atoms with Gasteiger partial charge in [0.15, 0.2) is 12.5 Å². The van der Waals surface area contributed by atoms with Gasteiger partial charge in [-0.3, -0.25) is 4.84 Å². The van der Waals surface area contributed by atoms with Crippen LogP contribution in [-0.2, 0) is 4.84 Å². The highest BCUT2D eigenvalue weighted by Crippen LogP contribution is 2.40. The molecular formula is C16H16ClNO3. The van der Waals surface area contributed by atoms with E-state index < -0.39 is 12.5 Å². The fraction of sp³-hybridized carbons (Fsp3) is 0.250. The summed E-state index contributed by atoms with van der Waals surface area (Å²) in [7, 11) is 0. The first-order valence-corrected chi connectivity index (χ1v) is 7.11. The lowest BCUT2D eigenvalue weighted by Gasteiger charge is -2.27. The van der Waals surface area contributed by atoms with Gasteiger partial charge in [0.1, 0.15) is 6.10 Å². The number of benzene rings is 2. The second-order valence-electron chi connectivity index (χ2n) is 5.04. The van der Waals surface area contributed by atoms with Gasteiger partial charge in [-0.25, -0.2) is 0 Å². The smallest absolute Gasteiger partial charge is 0.159 e. The summed E-state index contributed by atoms with van der Waals surface area (Å²) < 4.78 is 0. The van der Waals surface area contributed by atoms with Gasteiger partial charge in [-0.05, 0) is 24.6 Å². The molecule has 0 aliphatic carbocycles. The fourth-order valence-electron chi connectivity index (χ4n) is 2.51. The van der Waals surface area contributed by atoms with Crippen LogP contribution in [0.1, 0.15) is 42.2 Å². The van der Waals surface area contributed by atoms with Crippen molar-refractivity contribution in [2.45, 2.75) is 25.5 Å². The Morgan fingerprint density at radius 3 is 2.24 bits per heavy atom. The van der Waals surface area contributed by atoms with Crippen LogP contribution < -0.4 is 0 Å². The second-order valence-corrected chi connectivity index (χ2v) is 5.48. The molecule has 0 saturated heterocycles. The molecule has 2 N–H and O–H groups in total. The highest BCUT2D eigenvalue weighted by molar-refractivity contribution is 6.30. The third-order valence-electron chi connectivity index (χ3n) is 3.63. The summed E-state index contributed by atoms with van der Waals surface area (Å²) in [6.45, 7) is 1.84. The molecule has 2 aromatic rings. The van der Waals surface area contributed by atoms with Crippen LogP contribution in [0.5, 0.6) is 0 Å². The fourth-order valence-corrected chi connectivity index (χ4v) is 2.71. The maximum Gasteiger partial charge on any atom is 0.159 e. The van der Waals surface area contributed by atoms with E-state index in [4.69, 9.17) is 16.4 Å². The minimum absolute atomic E-state index is 0.345. The molecule has 1 aliphatic rings. The third kappa shape index (κ3) is 2.69. The van der Waals surface area contributed by atoms with Gasteiger partial charge in [-0.2, -0.15) is 0 Å². The Labute approximate surface area is 128 Å². The van der Waals surface area contributed by atoms with Crippen LogP contribution in [0.4, 0.5) is 0 Å². The first kappa shape index (κ1) is 14.5. The lowest BCUT2D eigenvalue weighted by atomic mass is 10.1. The summed E-state index contributed by atoms with van der Waals surface area (Å²) in [6.07, 6.45) is -2.32. The first-order chi connectivity index (χ1) is 10.1. The van der Waals surface area contributed by atoms with Crippen LogP contribution in [0.3, 0.4) is 0 Å². The topological polar surface area (TPSA) is 52.9 Å². The molecule has 0 bridgehead atoms. The molecule has 2 aromatic carbocycles. The van der Waals surface area contributed by atoms with E-state index >= 15 is 0 Å². The largest absolute Gasteiger partial charge is 0.372 e. The SMILES string of the molecule is CC(ON1C(O)c2ccccc2C1O)c1cccc(Cl)c1. The summed E-state index contributed by atoms with van der Waals surface area (Å²) in [5, 5.41) is 22.4. The predicted octanol–water partition coefficient (Wildman–Crippen LogP) is 3.33. The number of rotatable bonds is 3. The van der Waals surface area contributed by atoms with E-state index in [1.807, 2.05) is 31.2 Å². The number of aliphatic hydroxyl groups excluding tert-OH is 2. The van der Waals surface area contributed by atoms with Crippen LogP contribution in [-0.4, -0.2) is 15.3 Å². The minimum Gasteiger partial charge on any atom is -0.372 e. The van der Waals surface area contributed by atoms with E-state index in [0.29, 0.717) is 16.1 Å². The van der Waals surface area contributed by atoms with Crippen LogP contribution in [0.25, 0.3) is 0 Å². The number of aliphatic hydroxyl groups is 2. The van der Waals surface area contributed by atoms with Crippen molar-refractivity contribution < 1.29 is 15.1 Å². The standard InChI is InChI=1S/C16H16ClNO3/c1-10(11-5-4-6-12(17)9-11)21-18-15(19)13-7-2-3-8-14(13)16(18)20/h2-10,15-16,19-20H,1H3. The van der Waals surface area contributed by atoms with Crippen LogP contribution in [0.15, 0.2) is 48.5 Å². The Morgan fingerprint density at radius 1 is 1.05 bits per heavy atom. The molecule has 4 nitrogen and oxygen atoms in total. The molecule has 1 heterocycles. The van der Waals surface area contributed by atoms with Gasteiger partial charge in [-0.1, -0.05) is 48.0 Å². The molecule has 0 amide bonds. The zero-order valence-corrected chi connectivity index (χ0v) is 12.2. The average Bonchev–Trinajstić information content (AvgIpc) is 2.73. The molecule has 0 spiro atoms. The third-order valence-corrected chi connectivity index (χ3v) is 3.87. The Hall–Kier alpha value is -1.43. The van der Waals surface area contributed by atoms with E-state index in [9.17, 15) is 10.2 Å². The number of hydroxylamine groups is 2. The predicted molar refractivity (Wildman–Crippen MR) is 79.2 cm³/mol. The summed E-state index contributed by atoms with van der Waals surface area (Å²) in [5.74, 6) is 0. The monoisotopic (exact) mass is 305 g/mol. The van der Waals surface area contributed by atoms with Crippen molar-refractivity contribution in [1.29, 1.82) is 0 Å². The van der Waals surface area contributed by atoms with Gasteiger partial charge < -0.3 is 10.2 Å². The number of nitrogens with zero attached hydrogens (tertiary/aromatic N) is 1. The van der Waals surface area contributed by atoms with Gasteiger partial charge in [-0.15, -0.1) is 5.06 Å². The van der Waals surface area contributed by atoms with Gasteiger partial charge in [0.2, 0.25) is 0 Å². The Balaban J connectivity index is 1.80.